The molecule has 3 N–H and O–H groups in total. The lowest BCUT2D eigenvalue weighted by atomic mass is 10.2. The van der Waals surface area contributed by atoms with Crippen LogP contribution in [0.2, 0.25) is 0 Å². The molecule has 0 saturated heterocycles. The second-order valence-electron chi connectivity index (χ2n) is 2.78. The third-order valence-electron chi connectivity index (χ3n) is 1.73. The fourth-order valence-corrected chi connectivity index (χ4v) is 1.24. The summed E-state index contributed by atoms with van der Waals surface area (Å²) >= 11 is -5.17. The van der Waals surface area contributed by atoms with Gasteiger partial charge in [-0.3, -0.25) is 0 Å². The maximum Gasteiger partial charge on any atom is 0.273 e. The molecule has 1 aromatic carbocycles. The first-order valence-corrected chi connectivity index (χ1v) is 5.38. The van der Waals surface area contributed by atoms with Crippen LogP contribution >= 0.6 is 11.4 Å². The van der Waals surface area contributed by atoms with Crippen LogP contribution in [0.25, 0.3) is 0 Å². The van der Waals surface area contributed by atoms with E-state index in [1.54, 1.807) is 0 Å². The fraction of sp³-hybridized carbons (Fsp3) is 0.250. The van der Waals surface area contributed by atoms with Crippen LogP contribution in [0.5, 0.6) is 0 Å². The van der Waals surface area contributed by atoms with E-state index in [4.69, 9.17) is 0 Å². The Morgan fingerprint density at radius 1 is 1.21 bits per heavy atom. The summed E-state index contributed by atoms with van der Waals surface area (Å²) in [4.78, 5) is 0. The second-order valence-corrected chi connectivity index (χ2v) is 3.66. The summed E-state index contributed by atoms with van der Waals surface area (Å²) in [6.45, 7) is 1.11. The summed E-state index contributed by atoms with van der Waals surface area (Å²) in [5, 5.41) is 6.74. The Balaban J connectivity index is 0.000000171. The Labute approximate surface area is 82.6 Å². The molecule has 1 aliphatic rings. The minimum atomic E-state index is -5.17. The number of halogens is 3. The molecular formula is C8H11F3N2S. The maximum absolute atomic E-state index is 10.2. The molecule has 0 radical (unpaired) electrons. The first-order valence-electron chi connectivity index (χ1n) is 3.98. The van der Waals surface area contributed by atoms with Crippen LogP contribution in [-0.2, 0) is 6.42 Å². The zero-order valence-electron chi connectivity index (χ0n) is 7.34. The molecule has 1 aromatic rings. The van der Waals surface area contributed by atoms with Crippen LogP contribution in [-0.4, -0.2) is 6.54 Å². The monoisotopic (exact) mass is 224 g/mol. The van der Waals surface area contributed by atoms with Crippen LogP contribution in [0.15, 0.2) is 24.3 Å². The van der Waals surface area contributed by atoms with Crippen molar-refractivity contribution >= 4 is 17.1 Å². The average Bonchev–Trinajstić information content (AvgIpc) is 2.47. The van der Waals surface area contributed by atoms with E-state index in [0.717, 1.165) is 6.54 Å². The van der Waals surface area contributed by atoms with Gasteiger partial charge < -0.3 is 5.32 Å². The molecule has 2 rings (SSSR count). The lowest BCUT2D eigenvalue weighted by molar-refractivity contribution is 0.637. The number of rotatable bonds is 0. The van der Waals surface area contributed by atoms with Crippen molar-refractivity contribution < 1.29 is 11.7 Å². The summed E-state index contributed by atoms with van der Waals surface area (Å²) in [5.41, 5.74) is 2.77. The minimum Gasteiger partial charge on any atom is -0.384 e. The number of nitrogens with one attached hydrogen (secondary N) is 1. The summed E-state index contributed by atoms with van der Waals surface area (Å²) in [6, 6.07) is 8.46. The van der Waals surface area contributed by atoms with Gasteiger partial charge in [-0.15, -0.1) is 11.7 Å². The normalized spacial score (nSPS) is 14.9. The average molecular weight is 224 g/mol. The molecule has 0 amide bonds. The predicted octanol–water partition coefficient (Wildman–Crippen LogP) is 2.97. The highest BCUT2D eigenvalue weighted by Crippen LogP contribution is 2.43. The molecule has 1 heterocycles. The van der Waals surface area contributed by atoms with E-state index in [-0.39, 0.29) is 0 Å². The fourth-order valence-electron chi connectivity index (χ4n) is 1.24. The molecule has 0 aliphatic carbocycles. The molecule has 0 atom stereocenters. The highest BCUT2D eigenvalue weighted by molar-refractivity contribution is 8.18. The third-order valence-corrected chi connectivity index (χ3v) is 1.73. The number of para-hydroxylation sites is 1. The van der Waals surface area contributed by atoms with E-state index in [1.165, 1.54) is 17.7 Å². The van der Waals surface area contributed by atoms with Crippen molar-refractivity contribution in [3.63, 3.8) is 0 Å². The van der Waals surface area contributed by atoms with Crippen LogP contribution in [0, 0.1) is 0 Å². The van der Waals surface area contributed by atoms with Crippen LogP contribution in [0.4, 0.5) is 17.3 Å². The maximum atomic E-state index is 10.2. The molecule has 80 valence electrons. The third kappa shape index (κ3) is 4.38. The number of hydrogen-bond donors (Lipinski definition) is 2. The summed E-state index contributed by atoms with van der Waals surface area (Å²) in [6.07, 6.45) is 1.19. The van der Waals surface area contributed by atoms with E-state index in [0.29, 0.717) is 0 Å². The summed E-state index contributed by atoms with van der Waals surface area (Å²) in [5.74, 6) is 0. The smallest absolute Gasteiger partial charge is 0.273 e. The van der Waals surface area contributed by atoms with Crippen molar-refractivity contribution in [3.05, 3.63) is 29.8 Å². The predicted molar refractivity (Wildman–Crippen MR) is 53.7 cm³/mol. The zero-order chi connectivity index (χ0) is 10.6. The molecule has 0 spiro atoms. The summed E-state index contributed by atoms with van der Waals surface area (Å²) < 4.78 is 30.6. The van der Waals surface area contributed by atoms with Crippen LogP contribution in [0.3, 0.4) is 0 Å². The van der Waals surface area contributed by atoms with E-state index in [2.05, 4.69) is 34.7 Å². The Kier molecular flexibility index (Phi) is 3.65. The molecular weight excluding hydrogens is 213 g/mol. The van der Waals surface area contributed by atoms with Crippen molar-refractivity contribution in [1.82, 2.24) is 0 Å². The van der Waals surface area contributed by atoms with E-state index in [1.807, 2.05) is 0 Å². The molecule has 0 saturated carbocycles. The molecule has 14 heavy (non-hydrogen) atoms. The van der Waals surface area contributed by atoms with Gasteiger partial charge in [-0.25, -0.2) is 5.14 Å². The van der Waals surface area contributed by atoms with E-state index >= 15 is 0 Å². The SMILES string of the molecule is NS(F)(F)F.c1ccc2c(c1)CCN2. The Morgan fingerprint density at radius 2 is 1.79 bits per heavy atom. The van der Waals surface area contributed by atoms with Crippen LogP contribution < -0.4 is 10.5 Å². The Bertz CT molecular complexity index is 272. The van der Waals surface area contributed by atoms with Gasteiger partial charge in [-0.2, -0.15) is 0 Å². The first kappa shape index (κ1) is 11.2. The number of benzene rings is 1. The minimum absolute atomic E-state index is 1.11. The van der Waals surface area contributed by atoms with E-state index in [9.17, 15) is 11.7 Å². The van der Waals surface area contributed by atoms with Gasteiger partial charge in [-0.05, 0) is 18.1 Å². The lowest BCUT2D eigenvalue weighted by Gasteiger charge is -1.94. The molecule has 0 unspecified atom stereocenters. The van der Waals surface area contributed by atoms with Gasteiger partial charge in [0.1, 0.15) is 0 Å². The van der Waals surface area contributed by atoms with Gasteiger partial charge in [0, 0.05) is 12.2 Å². The number of nitrogens with two attached hydrogens (primary N) is 1. The largest absolute Gasteiger partial charge is 0.384 e. The van der Waals surface area contributed by atoms with Crippen molar-refractivity contribution in [2.45, 2.75) is 6.42 Å². The van der Waals surface area contributed by atoms with Gasteiger partial charge in [0.25, 0.3) is 11.4 Å². The number of fused-ring (bicyclic) bond motifs is 1. The molecule has 6 heteroatoms. The molecule has 1 aliphatic heterocycles. The Morgan fingerprint density at radius 3 is 2.36 bits per heavy atom. The van der Waals surface area contributed by atoms with Gasteiger partial charge >= 0.3 is 0 Å². The quantitative estimate of drug-likeness (QED) is 0.711. The molecule has 0 bridgehead atoms. The van der Waals surface area contributed by atoms with Gasteiger partial charge in [0.2, 0.25) is 0 Å². The Hall–Kier alpha value is -0.880. The van der Waals surface area contributed by atoms with Crippen LogP contribution in [0.1, 0.15) is 5.56 Å². The molecule has 2 nitrogen and oxygen atoms in total. The van der Waals surface area contributed by atoms with Gasteiger partial charge in [-0.1, -0.05) is 18.2 Å². The molecule has 0 fully saturated rings. The number of hydrogen-bond acceptors (Lipinski definition) is 2. The topological polar surface area (TPSA) is 38.0 Å². The highest BCUT2D eigenvalue weighted by atomic mass is 32.3. The zero-order valence-corrected chi connectivity index (χ0v) is 8.16. The van der Waals surface area contributed by atoms with Crippen molar-refractivity contribution in [2.75, 3.05) is 11.9 Å². The lowest BCUT2D eigenvalue weighted by Crippen LogP contribution is -1.90. The van der Waals surface area contributed by atoms with E-state index < -0.39 is 11.4 Å². The van der Waals surface area contributed by atoms with Gasteiger partial charge in [0.05, 0.1) is 0 Å². The van der Waals surface area contributed by atoms with Gasteiger partial charge in [0.15, 0.2) is 0 Å². The second kappa shape index (κ2) is 4.56. The standard InChI is InChI=1S/C8H9N.F3H2NS/c1-2-4-8-7(3-1)5-6-9-8;1-5(2,3)4/h1-4,9H,5-6H2;4H2. The first-order chi connectivity index (χ1) is 6.47. The summed E-state index contributed by atoms with van der Waals surface area (Å²) in [7, 11) is 0. The van der Waals surface area contributed by atoms with Crippen molar-refractivity contribution in [1.29, 1.82) is 0 Å². The van der Waals surface area contributed by atoms with Crippen molar-refractivity contribution in [2.24, 2.45) is 5.14 Å². The molecule has 0 aromatic heterocycles. The van der Waals surface area contributed by atoms with Crippen molar-refractivity contribution in [3.8, 4) is 0 Å². The highest BCUT2D eigenvalue weighted by Gasteiger charge is 2.08. The number of anilines is 1.